The molecule has 2 aromatic heterocycles. The Balaban J connectivity index is 2.38. The van der Waals surface area contributed by atoms with Crippen LogP contribution in [0, 0.1) is 6.92 Å². The van der Waals surface area contributed by atoms with Crippen LogP contribution in [0.25, 0.3) is 10.6 Å². The van der Waals surface area contributed by atoms with Gasteiger partial charge < -0.3 is 5.11 Å². The van der Waals surface area contributed by atoms with Crippen molar-refractivity contribution in [1.29, 1.82) is 0 Å². The highest BCUT2D eigenvalue weighted by Gasteiger charge is 2.13. The summed E-state index contributed by atoms with van der Waals surface area (Å²) < 4.78 is 0. The summed E-state index contributed by atoms with van der Waals surface area (Å²) in [6.45, 7) is 4.22. The van der Waals surface area contributed by atoms with E-state index in [9.17, 15) is 5.11 Å². The summed E-state index contributed by atoms with van der Waals surface area (Å²) in [5.41, 5.74) is 2.19. The van der Waals surface area contributed by atoms with Gasteiger partial charge in [0.2, 0.25) is 0 Å². The molecule has 17 heavy (non-hydrogen) atoms. The third kappa shape index (κ3) is 2.53. The van der Waals surface area contributed by atoms with Crippen molar-refractivity contribution in [3.8, 4) is 10.6 Å². The number of hydrogen-bond acceptors (Lipinski definition) is 4. The summed E-state index contributed by atoms with van der Waals surface area (Å²) in [7, 11) is 0. The smallest absolute Gasteiger partial charge is 0.134 e. The average Bonchev–Trinajstić information content (AvgIpc) is 2.77. The first kappa shape index (κ1) is 12.2. The van der Waals surface area contributed by atoms with Gasteiger partial charge >= 0.3 is 0 Å². The van der Waals surface area contributed by atoms with E-state index < -0.39 is 0 Å². The van der Waals surface area contributed by atoms with Crippen molar-refractivity contribution in [3.05, 3.63) is 35.1 Å². The van der Waals surface area contributed by atoms with Gasteiger partial charge in [0.15, 0.2) is 0 Å². The van der Waals surface area contributed by atoms with Crippen LogP contribution in [0.1, 0.15) is 30.7 Å². The lowest BCUT2D eigenvalue weighted by atomic mass is 10.1. The van der Waals surface area contributed by atoms with E-state index in [0.29, 0.717) is 0 Å². The van der Waals surface area contributed by atoms with Gasteiger partial charge in [0.25, 0.3) is 0 Å². The lowest BCUT2D eigenvalue weighted by Gasteiger charge is -2.10. The molecule has 4 heteroatoms. The minimum absolute atomic E-state index is 0.0372. The Hall–Kier alpha value is -1.26. The first-order valence-corrected chi connectivity index (χ1v) is 6.62. The zero-order valence-corrected chi connectivity index (χ0v) is 10.9. The molecule has 90 valence electrons. The number of thiophene rings is 1. The monoisotopic (exact) mass is 248 g/mol. The fraction of sp³-hybridized carbons (Fsp3) is 0.385. The molecule has 0 aliphatic heterocycles. The minimum Gasteiger partial charge on any atom is -0.396 e. The SMILES string of the molecule is CCC(CO)c1nccc(-c2sccc2C)n1. The van der Waals surface area contributed by atoms with Gasteiger partial charge in [-0.25, -0.2) is 9.97 Å². The Morgan fingerprint density at radius 3 is 2.82 bits per heavy atom. The first-order valence-electron chi connectivity index (χ1n) is 5.74. The molecule has 2 rings (SSSR count). The second-order valence-electron chi connectivity index (χ2n) is 4.02. The molecular formula is C13H16N2OS. The van der Waals surface area contributed by atoms with E-state index in [1.54, 1.807) is 17.5 Å². The Kier molecular flexibility index (Phi) is 3.86. The van der Waals surface area contributed by atoms with Crippen molar-refractivity contribution in [2.75, 3.05) is 6.61 Å². The molecule has 0 radical (unpaired) electrons. The molecule has 0 spiro atoms. The molecule has 1 atom stereocenters. The Labute approximate surface area is 105 Å². The number of rotatable bonds is 4. The first-order chi connectivity index (χ1) is 8.26. The van der Waals surface area contributed by atoms with Crippen LogP contribution in [0.5, 0.6) is 0 Å². The Morgan fingerprint density at radius 2 is 2.24 bits per heavy atom. The molecule has 1 N–H and O–H groups in total. The number of aliphatic hydroxyl groups is 1. The van der Waals surface area contributed by atoms with Crippen molar-refractivity contribution in [2.24, 2.45) is 0 Å². The topological polar surface area (TPSA) is 46.0 Å². The molecule has 0 aliphatic rings. The molecular weight excluding hydrogens is 232 g/mol. The van der Waals surface area contributed by atoms with Crippen LogP contribution in [0.15, 0.2) is 23.7 Å². The molecule has 1 unspecified atom stereocenters. The maximum Gasteiger partial charge on any atom is 0.134 e. The highest BCUT2D eigenvalue weighted by Crippen LogP contribution is 2.28. The zero-order chi connectivity index (χ0) is 12.3. The van der Waals surface area contributed by atoms with Crippen molar-refractivity contribution < 1.29 is 5.11 Å². The summed E-state index contributed by atoms with van der Waals surface area (Å²) in [4.78, 5) is 9.99. The van der Waals surface area contributed by atoms with Gasteiger partial charge in [0.05, 0.1) is 17.2 Å². The molecule has 2 heterocycles. The number of aromatic nitrogens is 2. The molecule has 0 aliphatic carbocycles. The van der Waals surface area contributed by atoms with E-state index in [0.717, 1.165) is 17.9 Å². The van der Waals surface area contributed by atoms with Gasteiger partial charge in [-0.3, -0.25) is 0 Å². The second-order valence-corrected chi connectivity index (χ2v) is 4.94. The molecule has 0 saturated carbocycles. The van der Waals surface area contributed by atoms with Crippen molar-refractivity contribution in [2.45, 2.75) is 26.2 Å². The third-order valence-electron chi connectivity index (χ3n) is 2.85. The highest BCUT2D eigenvalue weighted by atomic mass is 32.1. The molecule has 0 amide bonds. The lowest BCUT2D eigenvalue weighted by molar-refractivity contribution is 0.257. The number of aliphatic hydroxyl groups excluding tert-OH is 1. The minimum atomic E-state index is 0.0372. The Morgan fingerprint density at radius 1 is 1.41 bits per heavy atom. The van der Waals surface area contributed by atoms with E-state index in [1.807, 2.05) is 13.0 Å². The van der Waals surface area contributed by atoms with Crippen LogP contribution in [-0.2, 0) is 0 Å². The van der Waals surface area contributed by atoms with Gasteiger partial charge in [-0.15, -0.1) is 11.3 Å². The second kappa shape index (κ2) is 5.38. The van der Waals surface area contributed by atoms with Crippen molar-refractivity contribution in [1.82, 2.24) is 9.97 Å². The summed E-state index contributed by atoms with van der Waals surface area (Å²) in [6.07, 6.45) is 2.62. The van der Waals surface area contributed by atoms with Crippen LogP contribution in [0.3, 0.4) is 0 Å². The predicted molar refractivity (Wildman–Crippen MR) is 70.2 cm³/mol. The van der Waals surface area contributed by atoms with Crippen LogP contribution >= 0.6 is 11.3 Å². The third-order valence-corrected chi connectivity index (χ3v) is 3.89. The number of aryl methyl sites for hydroxylation is 1. The van der Waals surface area contributed by atoms with E-state index in [4.69, 9.17) is 0 Å². The van der Waals surface area contributed by atoms with Crippen molar-refractivity contribution >= 4 is 11.3 Å². The molecule has 0 aromatic carbocycles. The molecule has 0 fully saturated rings. The van der Waals surface area contributed by atoms with E-state index in [1.165, 1.54) is 10.4 Å². The van der Waals surface area contributed by atoms with Gasteiger partial charge in [-0.2, -0.15) is 0 Å². The summed E-state index contributed by atoms with van der Waals surface area (Å²) in [6, 6.07) is 4.01. The Bertz CT molecular complexity index is 492. The average molecular weight is 248 g/mol. The van der Waals surface area contributed by atoms with E-state index in [-0.39, 0.29) is 12.5 Å². The quantitative estimate of drug-likeness (QED) is 0.904. The van der Waals surface area contributed by atoms with E-state index >= 15 is 0 Å². The lowest BCUT2D eigenvalue weighted by Crippen LogP contribution is -2.07. The largest absolute Gasteiger partial charge is 0.396 e. The maximum atomic E-state index is 9.28. The number of hydrogen-bond donors (Lipinski definition) is 1. The van der Waals surface area contributed by atoms with Crippen LogP contribution in [0.4, 0.5) is 0 Å². The summed E-state index contributed by atoms with van der Waals surface area (Å²) >= 11 is 1.69. The standard InChI is InChI=1S/C13H16N2OS/c1-3-10(8-16)13-14-6-4-11(15-13)12-9(2)5-7-17-12/h4-7,10,16H,3,8H2,1-2H3. The van der Waals surface area contributed by atoms with Crippen LogP contribution in [-0.4, -0.2) is 21.7 Å². The van der Waals surface area contributed by atoms with Gasteiger partial charge in [-0.05, 0) is 36.4 Å². The van der Waals surface area contributed by atoms with Gasteiger partial charge in [-0.1, -0.05) is 6.92 Å². The zero-order valence-electron chi connectivity index (χ0n) is 10.1. The van der Waals surface area contributed by atoms with E-state index in [2.05, 4.69) is 28.3 Å². The highest BCUT2D eigenvalue weighted by molar-refractivity contribution is 7.13. The molecule has 0 bridgehead atoms. The number of nitrogens with zero attached hydrogens (tertiary/aromatic N) is 2. The maximum absolute atomic E-state index is 9.28. The van der Waals surface area contributed by atoms with Crippen LogP contribution < -0.4 is 0 Å². The fourth-order valence-electron chi connectivity index (χ4n) is 1.73. The molecule has 2 aromatic rings. The van der Waals surface area contributed by atoms with Crippen LogP contribution in [0.2, 0.25) is 0 Å². The van der Waals surface area contributed by atoms with Gasteiger partial charge in [0.1, 0.15) is 5.82 Å². The fourth-order valence-corrected chi connectivity index (χ4v) is 2.62. The van der Waals surface area contributed by atoms with Gasteiger partial charge in [0, 0.05) is 12.1 Å². The normalized spacial score (nSPS) is 12.6. The predicted octanol–water partition coefficient (Wildman–Crippen LogP) is 3.00. The van der Waals surface area contributed by atoms with Crippen molar-refractivity contribution in [3.63, 3.8) is 0 Å². The summed E-state index contributed by atoms with van der Waals surface area (Å²) in [5, 5.41) is 11.3. The summed E-state index contributed by atoms with van der Waals surface area (Å²) in [5.74, 6) is 0.774. The molecule has 3 nitrogen and oxygen atoms in total. The molecule has 0 saturated heterocycles.